The van der Waals surface area contributed by atoms with Crippen molar-refractivity contribution in [3.8, 4) is 34.1 Å². The van der Waals surface area contributed by atoms with Gasteiger partial charge in [-0.1, -0.05) is 30.3 Å². The van der Waals surface area contributed by atoms with Crippen molar-refractivity contribution in [2.24, 2.45) is 0 Å². The first-order chi connectivity index (χ1) is 14.4. The maximum absolute atomic E-state index is 6.13. The molecular weight excluding hydrogens is 396 g/mol. The molecular formula is C25H26O4S. The summed E-state index contributed by atoms with van der Waals surface area (Å²) in [5, 5.41) is 0.442. The molecule has 0 radical (unpaired) electrons. The standard InChI is InChI=1S/C25H26O4S/c1-15-16(2)20(19-12-22(26-4)24(28-6)23(13-19)27-5)14-21(17(15)3)29-25(30)18-10-8-7-9-11-18/h7-14H,1-6H3. The largest absolute Gasteiger partial charge is 0.493 e. The van der Waals surface area contributed by atoms with Crippen molar-refractivity contribution in [2.75, 3.05) is 21.3 Å². The number of ether oxygens (including phenoxy) is 4. The van der Waals surface area contributed by atoms with E-state index in [1.54, 1.807) is 21.3 Å². The van der Waals surface area contributed by atoms with E-state index in [-0.39, 0.29) is 0 Å². The van der Waals surface area contributed by atoms with Crippen LogP contribution < -0.4 is 18.9 Å². The molecule has 0 spiro atoms. The van der Waals surface area contributed by atoms with Crippen molar-refractivity contribution in [2.45, 2.75) is 20.8 Å². The Bertz CT molecular complexity index is 1050. The molecule has 0 aliphatic rings. The molecule has 0 atom stereocenters. The molecule has 3 aromatic carbocycles. The van der Waals surface area contributed by atoms with Gasteiger partial charge < -0.3 is 18.9 Å². The fourth-order valence-electron chi connectivity index (χ4n) is 3.39. The number of methoxy groups -OCH3 is 3. The SMILES string of the molecule is COc1cc(-c2cc(OC(=S)c3ccccc3)c(C)c(C)c2C)cc(OC)c1OC. The van der Waals surface area contributed by atoms with E-state index in [0.717, 1.165) is 39.1 Å². The monoisotopic (exact) mass is 422 g/mol. The Balaban J connectivity index is 2.12. The fourth-order valence-corrected chi connectivity index (χ4v) is 3.62. The average molecular weight is 423 g/mol. The maximum atomic E-state index is 6.13. The molecule has 3 aromatic rings. The van der Waals surface area contributed by atoms with Gasteiger partial charge in [-0.25, -0.2) is 0 Å². The highest BCUT2D eigenvalue weighted by Crippen LogP contribution is 2.43. The van der Waals surface area contributed by atoms with Gasteiger partial charge >= 0.3 is 0 Å². The van der Waals surface area contributed by atoms with Crippen LogP contribution in [0.15, 0.2) is 48.5 Å². The van der Waals surface area contributed by atoms with Crippen molar-refractivity contribution in [1.82, 2.24) is 0 Å². The third kappa shape index (κ3) is 4.12. The highest BCUT2D eigenvalue weighted by atomic mass is 32.1. The quantitative estimate of drug-likeness (QED) is 0.451. The first-order valence-electron chi connectivity index (χ1n) is 9.59. The molecule has 0 bridgehead atoms. The number of hydrogen-bond donors (Lipinski definition) is 0. The molecule has 0 saturated heterocycles. The van der Waals surface area contributed by atoms with Gasteiger partial charge in [0.2, 0.25) is 5.75 Å². The second-order valence-electron chi connectivity index (χ2n) is 6.97. The van der Waals surface area contributed by atoms with E-state index in [4.69, 9.17) is 31.2 Å². The van der Waals surface area contributed by atoms with Crippen molar-refractivity contribution in [3.63, 3.8) is 0 Å². The summed E-state index contributed by atoms with van der Waals surface area (Å²) in [6.07, 6.45) is 0. The highest BCUT2D eigenvalue weighted by Gasteiger charge is 2.18. The summed E-state index contributed by atoms with van der Waals surface area (Å²) in [5.74, 6) is 2.50. The summed E-state index contributed by atoms with van der Waals surface area (Å²) in [4.78, 5) is 0. The van der Waals surface area contributed by atoms with Crippen LogP contribution in [0, 0.1) is 20.8 Å². The molecule has 0 fully saturated rings. The van der Waals surface area contributed by atoms with Crippen LogP contribution in [-0.2, 0) is 0 Å². The summed E-state index contributed by atoms with van der Waals surface area (Å²) in [6, 6.07) is 15.6. The van der Waals surface area contributed by atoms with Gasteiger partial charge in [-0.3, -0.25) is 0 Å². The first-order valence-corrected chi connectivity index (χ1v) is 10.0. The van der Waals surface area contributed by atoms with Gasteiger partial charge in [0.15, 0.2) is 16.5 Å². The lowest BCUT2D eigenvalue weighted by Crippen LogP contribution is -2.09. The molecule has 0 N–H and O–H groups in total. The topological polar surface area (TPSA) is 36.9 Å². The van der Waals surface area contributed by atoms with Crippen LogP contribution in [0.2, 0.25) is 0 Å². The molecule has 0 aromatic heterocycles. The zero-order chi connectivity index (χ0) is 21.8. The van der Waals surface area contributed by atoms with Crippen LogP contribution in [0.1, 0.15) is 22.3 Å². The van der Waals surface area contributed by atoms with Crippen LogP contribution >= 0.6 is 12.2 Å². The molecule has 30 heavy (non-hydrogen) atoms. The predicted molar refractivity (Wildman–Crippen MR) is 125 cm³/mol. The third-order valence-corrected chi connectivity index (χ3v) is 5.68. The van der Waals surface area contributed by atoms with Gasteiger partial charge in [0.05, 0.1) is 21.3 Å². The fraction of sp³-hybridized carbons (Fsp3) is 0.240. The van der Waals surface area contributed by atoms with Crippen LogP contribution in [0.25, 0.3) is 11.1 Å². The van der Waals surface area contributed by atoms with Gasteiger partial charge in [0, 0.05) is 5.56 Å². The molecule has 4 nitrogen and oxygen atoms in total. The van der Waals surface area contributed by atoms with Gasteiger partial charge in [0.1, 0.15) is 5.75 Å². The van der Waals surface area contributed by atoms with Crippen LogP contribution in [0.5, 0.6) is 23.0 Å². The minimum atomic E-state index is 0.442. The van der Waals surface area contributed by atoms with Gasteiger partial charge in [0.25, 0.3) is 0 Å². The second kappa shape index (κ2) is 9.18. The van der Waals surface area contributed by atoms with E-state index in [0.29, 0.717) is 22.3 Å². The Hall–Kier alpha value is -3.05. The van der Waals surface area contributed by atoms with E-state index < -0.39 is 0 Å². The highest BCUT2D eigenvalue weighted by molar-refractivity contribution is 7.80. The molecule has 3 rings (SSSR count). The smallest absolute Gasteiger partial charge is 0.203 e. The second-order valence-corrected chi connectivity index (χ2v) is 7.34. The third-order valence-electron chi connectivity index (χ3n) is 5.36. The summed E-state index contributed by atoms with van der Waals surface area (Å²) >= 11 is 5.53. The van der Waals surface area contributed by atoms with Crippen molar-refractivity contribution >= 4 is 17.3 Å². The van der Waals surface area contributed by atoms with E-state index in [2.05, 4.69) is 13.8 Å². The molecule has 0 heterocycles. The van der Waals surface area contributed by atoms with Crippen LogP contribution in [0.3, 0.4) is 0 Å². The Morgan fingerprint density at radius 1 is 0.700 bits per heavy atom. The van der Waals surface area contributed by atoms with Crippen molar-refractivity contribution < 1.29 is 18.9 Å². The minimum Gasteiger partial charge on any atom is -0.493 e. The lowest BCUT2D eigenvalue weighted by molar-refractivity contribution is 0.324. The summed E-state index contributed by atoms with van der Waals surface area (Å²) in [7, 11) is 4.82. The molecule has 0 unspecified atom stereocenters. The lowest BCUT2D eigenvalue weighted by Gasteiger charge is -2.19. The lowest BCUT2D eigenvalue weighted by atomic mass is 9.93. The molecule has 0 aliphatic carbocycles. The molecule has 0 amide bonds. The van der Waals surface area contributed by atoms with Gasteiger partial charge in [-0.2, -0.15) is 0 Å². The van der Waals surface area contributed by atoms with E-state index in [1.165, 1.54) is 0 Å². The zero-order valence-corrected chi connectivity index (χ0v) is 19.0. The van der Waals surface area contributed by atoms with Gasteiger partial charge in [-0.05, 0) is 79.0 Å². The predicted octanol–water partition coefficient (Wildman–Crippen LogP) is 6.06. The van der Waals surface area contributed by atoms with Gasteiger partial charge in [-0.15, -0.1) is 0 Å². The van der Waals surface area contributed by atoms with E-state index in [9.17, 15) is 0 Å². The number of thiocarbonyl (C=S) groups is 1. The van der Waals surface area contributed by atoms with Crippen LogP contribution in [0.4, 0.5) is 0 Å². The average Bonchev–Trinajstić information content (AvgIpc) is 2.78. The van der Waals surface area contributed by atoms with Crippen molar-refractivity contribution in [1.29, 1.82) is 0 Å². The van der Waals surface area contributed by atoms with E-state index in [1.807, 2.05) is 55.5 Å². The number of benzene rings is 3. The zero-order valence-electron chi connectivity index (χ0n) is 18.2. The summed E-state index contributed by atoms with van der Waals surface area (Å²) in [6.45, 7) is 6.23. The van der Waals surface area contributed by atoms with Crippen molar-refractivity contribution in [3.05, 3.63) is 70.8 Å². The molecule has 156 valence electrons. The Labute approximate surface area is 183 Å². The normalized spacial score (nSPS) is 10.5. The minimum absolute atomic E-state index is 0.442. The summed E-state index contributed by atoms with van der Waals surface area (Å²) in [5.41, 5.74) is 6.19. The van der Waals surface area contributed by atoms with Crippen LogP contribution in [-0.4, -0.2) is 26.4 Å². The summed E-state index contributed by atoms with van der Waals surface area (Å²) < 4.78 is 22.6. The Kier molecular flexibility index (Phi) is 6.63. The number of rotatable bonds is 6. The number of hydrogen-bond acceptors (Lipinski definition) is 5. The van der Waals surface area contributed by atoms with E-state index >= 15 is 0 Å². The Morgan fingerprint density at radius 2 is 1.30 bits per heavy atom. The first kappa shape index (κ1) is 21.7. The Morgan fingerprint density at radius 3 is 1.83 bits per heavy atom. The molecule has 0 saturated carbocycles. The molecule has 0 aliphatic heterocycles. The molecule has 5 heteroatoms. The maximum Gasteiger partial charge on any atom is 0.203 e.